The van der Waals surface area contributed by atoms with Gasteiger partial charge in [0.25, 0.3) is 5.71 Å². The van der Waals surface area contributed by atoms with Gasteiger partial charge in [0.2, 0.25) is 0 Å². The van der Waals surface area contributed by atoms with E-state index in [1.807, 2.05) is 18.7 Å². The van der Waals surface area contributed by atoms with Gasteiger partial charge >= 0.3 is 5.97 Å². The van der Waals surface area contributed by atoms with Crippen molar-refractivity contribution in [2.75, 3.05) is 11.4 Å². The van der Waals surface area contributed by atoms with Crippen molar-refractivity contribution in [3.05, 3.63) is 12.0 Å². The monoisotopic (exact) mass is 262 g/mol. The van der Waals surface area contributed by atoms with Gasteiger partial charge in [-0.3, -0.25) is 4.79 Å². The molecule has 0 aliphatic carbocycles. The molecule has 1 aliphatic rings. The van der Waals surface area contributed by atoms with Crippen LogP contribution in [0.3, 0.4) is 0 Å². The van der Waals surface area contributed by atoms with Crippen molar-refractivity contribution in [1.82, 2.24) is 15.1 Å². The SMILES string of the molecule is Cc1noc2ncnc(N3CCC(C(=O)O)C3C)c12. The van der Waals surface area contributed by atoms with E-state index < -0.39 is 5.97 Å². The molecule has 0 amide bonds. The van der Waals surface area contributed by atoms with Gasteiger partial charge in [-0.1, -0.05) is 5.16 Å². The predicted molar refractivity (Wildman–Crippen MR) is 66.9 cm³/mol. The number of fused-ring (bicyclic) bond motifs is 1. The van der Waals surface area contributed by atoms with E-state index in [0.717, 1.165) is 11.1 Å². The van der Waals surface area contributed by atoms with Crippen molar-refractivity contribution in [1.29, 1.82) is 0 Å². The molecule has 3 rings (SSSR count). The number of carboxylic acids is 1. The molecule has 2 unspecified atom stereocenters. The Balaban J connectivity index is 2.06. The predicted octanol–water partition coefficient (Wildman–Crippen LogP) is 1.23. The number of hydrogen-bond donors (Lipinski definition) is 1. The second-order valence-electron chi connectivity index (χ2n) is 4.81. The molecule has 19 heavy (non-hydrogen) atoms. The van der Waals surface area contributed by atoms with Crippen molar-refractivity contribution in [3.63, 3.8) is 0 Å². The Morgan fingerprint density at radius 3 is 3.00 bits per heavy atom. The van der Waals surface area contributed by atoms with E-state index >= 15 is 0 Å². The maximum Gasteiger partial charge on any atom is 0.308 e. The average molecular weight is 262 g/mol. The third kappa shape index (κ3) is 1.73. The molecule has 0 aromatic carbocycles. The minimum atomic E-state index is -0.762. The fraction of sp³-hybridized carbons (Fsp3) is 0.500. The number of aromatic nitrogens is 3. The molecule has 3 heterocycles. The van der Waals surface area contributed by atoms with Crippen LogP contribution in [0.5, 0.6) is 0 Å². The molecule has 7 nitrogen and oxygen atoms in total. The summed E-state index contributed by atoms with van der Waals surface area (Å²) in [6.07, 6.45) is 2.04. The molecular formula is C12H14N4O3. The number of aliphatic carboxylic acids is 1. The van der Waals surface area contributed by atoms with Gasteiger partial charge in [-0.05, 0) is 20.3 Å². The lowest BCUT2D eigenvalue weighted by molar-refractivity contribution is -0.141. The fourth-order valence-corrected chi connectivity index (χ4v) is 2.69. The van der Waals surface area contributed by atoms with Crippen LogP contribution in [0.4, 0.5) is 5.82 Å². The van der Waals surface area contributed by atoms with Gasteiger partial charge in [-0.25, -0.2) is 4.98 Å². The van der Waals surface area contributed by atoms with E-state index in [4.69, 9.17) is 4.52 Å². The summed E-state index contributed by atoms with van der Waals surface area (Å²) in [6.45, 7) is 4.39. The summed E-state index contributed by atoms with van der Waals surface area (Å²) in [7, 11) is 0. The first-order valence-electron chi connectivity index (χ1n) is 6.16. The molecule has 0 radical (unpaired) electrons. The van der Waals surface area contributed by atoms with Crippen LogP contribution in [-0.4, -0.2) is 38.8 Å². The summed E-state index contributed by atoms with van der Waals surface area (Å²) in [5, 5.41) is 13.8. The van der Waals surface area contributed by atoms with Crippen LogP contribution in [0.2, 0.25) is 0 Å². The molecule has 100 valence electrons. The number of rotatable bonds is 2. The average Bonchev–Trinajstić information content (AvgIpc) is 2.94. The summed E-state index contributed by atoms with van der Waals surface area (Å²) in [5.74, 6) is -0.424. The number of anilines is 1. The molecule has 1 fully saturated rings. The Hall–Kier alpha value is -2.18. The van der Waals surface area contributed by atoms with Gasteiger partial charge in [0.1, 0.15) is 17.5 Å². The maximum absolute atomic E-state index is 11.2. The first-order valence-corrected chi connectivity index (χ1v) is 6.16. The number of aryl methyl sites for hydroxylation is 1. The quantitative estimate of drug-likeness (QED) is 0.869. The highest BCUT2D eigenvalue weighted by atomic mass is 16.5. The lowest BCUT2D eigenvalue weighted by Gasteiger charge is -2.24. The first kappa shape index (κ1) is 11.9. The molecule has 1 saturated heterocycles. The molecule has 0 bridgehead atoms. The van der Waals surface area contributed by atoms with Crippen molar-refractivity contribution in [3.8, 4) is 0 Å². The largest absolute Gasteiger partial charge is 0.481 e. The Morgan fingerprint density at radius 1 is 1.53 bits per heavy atom. The zero-order valence-electron chi connectivity index (χ0n) is 10.7. The van der Waals surface area contributed by atoms with Crippen LogP contribution in [0.15, 0.2) is 10.9 Å². The van der Waals surface area contributed by atoms with Crippen molar-refractivity contribution in [2.45, 2.75) is 26.3 Å². The van der Waals surface area contributed by atoms with Crippen molar-refractivity contribution >= 4 is 22.9 Å². The summed E-state index contributed by atoms with van der Waals surface area (Å²) >= 11 is 0. The molecule has 0 saturated carbocycles. The molecule has 2 atom stereocenters. The molecule has 1 aliphatic heterocycles. The van der Waals surface area contributed by atoms with Crippen molar-refractivity contribution < 1.29 is 14.4 Å². The van der Waals surface area contributed by atoms with Crippen molar-refractivity contribution in [2.24, 2.45) is 5.92 Å². The van der Waals surface area contributed by atoms with Crippen LogP contribution in [-0.2, 0) is 4.79 Å². The van der Waals surface area contributed by atoms with E-state index in [1.54, 1.807) is 0 Å². The lowest BCUT2D eigenvalue weighted by atomic mass is 10.0. The van der Waals surface area contributed by atoms with Crippen LogP contribution < -0.4 is 4.90 Å². The topological polar surface area (TPSA) is 92.4 Å². The van der Waals surface area contributed by atoms with E-state index in [1.165, 1.54) is 6.33 Å². The Kier molecular flexibility index (Phi) is 2.62. The fourth-order valence-electron chi connectivity index (χ4n) is 2.69. The van der Waals surface area contributed by atoms with Gasteiger partial charge in [-0.2, -0.15) is 4.98 Å². The number of carboxylic acid groups (broad SMARTS) is 1. The standard InChI is InChI=1S/C12H14N4O3/c1-6-9-10(13-5-14-11(9)19-15-6)16-4-3-8(7(16)2)12(17)18/h5,7-8H,3-4H2,1-2H3,(H,17,18). The van der Waals surface area contributed by atoms with E-state index in [0.29, 0.717) is 24.5 Å². The van der Waals surface area contributed by atoms with Crippen LogP contribution in [0.25, 0.3) is 11.1 Å². The molecule has 2 aromatic rings. The summed E-state index contributed by atoms with van der Waals surface area (Å²) in [5.41, 5.74) is 1.16. The second-order valence-corrected chi connectivity index (χ2v) is 4.81. The molecular weight excluding hydrogens is 248 g/mol. The number of nitrogens with zero attached hydrogens (tertiary/aromatic N) is 4. The highest BCUT2D eigenvalue weighted by molar-refractivity contribution is 5.88. The summed E-state index contributed by atoms with van der Waals surface area (Å²) in [6, 6.07) is -0.107. The van der Waals surface area contributed by atoms with E-state index in [-0.39, 0.29) is 12.0 Å². The van der Waals surface area contributed by atoms with Crippen LogP contribution in [0.1, 0.15) is 19.0 Å². The van der Waals surface area contributed by atoms with Gasteiger partial charge in [0.15, 0.2) is 0 Å². The zero-order valence-corrected chi connectivity index (χ0v) is 10.7. The smallest absolute Gasteiger partial charge is 0.308 e. The third-order valence-electron chi connectivity index (χ3n) is 3.77. The van der Waals surface area contributed by atoms with Gasteiger partial charge in [0.05, 0.1) is 11.6 Å². The lowest BCUT2D eigenvalue weighted by Crippen LogP contribution is -2.33. The molecule has 2 aromatic heterocycles. The number of carbonyl (C=O) groups is 1. The summed E-state index contributed by atoms with van der Waals surface area (Å²) in [4.78, 5) is 21.5. The van der Waals surface area contributed by atoms with Gasteiger partial charge in [-0.15, -0.1) is 0 Å². The molecule has 0 spiro atoms. The van der Waals surface area contributed by atoms with E-state index in [2.05, 4.69) is 15.1 Å². The Morgan fingerprint density at radius 2 is 2.32 bits per heavy atom. The maximum atomic E-state index is 11.2. The molecule has 7 heteroatoms. The Bertz CT molecular complexity index is 639. The number of hydrogen-bond acceptors (Lipinski definition) is 6. The second kappa shape index (κ2) is 4.18. The van der Waals surface area contributed by atoms with Crippen LogP contribution >= 0.6 is 0 Å². The highest BCUT2D eigenvalue weighted by Crippen LogP contribution is 2.33. The third-order valence-corrected chi connectivity index (χ3v) is 3.77. The highest BCUT2D eigenvalue weighted by Gasteiger charge is 2.37. The van der Waals surface area contributed by atoms with Crippen LogP contribution in [0, 0.1) is 12.8 Å². The van der Waals surface area contributed by atoms with Gasteiger partial charge in [0, 0.05) is 12.6 Å². The Labute approximate surface area is 109 Å². The first-order chi connectivity index (χ1) is 9.09. The molecule has 1 N–H and O–H groups in total. The minimum absolute atomic E-state index is 0.107. The zero-order chi connectivity index (χ0) is 13.6. The summed E-state index contributed by atoms with van der Waals surface area (Å²) < 4.78 is 5.11. The normalized spacial score (nSPS) is 23.2. The minimum Gasteiger partial charge on any atom is -0.481 e. The van der Waals surface area contributed by atoms with Gasteiger partial charge < -0.3 is 14.5 Å². The van der Waals surface area contributed by atoms with E-state index in [9.17, 15) is 9.90 Å².